The van der Waals surface area contributed by atoms with Crippen LogP contribution in [0.5, 0.6) is 0 Å². The summed E-state index contributed by atoms with van der Waals surface area (Å²) in [5.74, 6) is -1.44. The monoisotopic (exact) mass is 407 g/mol. The Kier molecular flexibility index (Phi) is 4.32. The summed E-state index contributed by atoms with van der Waals surface area (Å²) in [7, 11) is 0. The number of hydroxylamine groups is 1. The van der Waals surface area contributed by atoms with Crippen molar-refractivity contribution in [3.05, 3.63) is 64.7 Å². The Balaban J connectivity index is 1.56. The average molecular weight is 407 g/mol. The highest BCUT2D eigenvalue weighted by molar-refractivity contribution is 6.24. The molecule has 0 radical (unpaired) electrons. The molecule has 5 rings (SSSR count). The smallest absolute Gasteiger partial charge is 0.271 e. The first-order valence-corrected chi connectivity index (χ1v) is 10.2. The largest absolute Gasteiger partial charge is 0.273 e. The predicted molar refractivity (Wildman–Crippen MR) is 109 cm³/mol. The Labute approximate surface area is 173 Å². The quantitative estimate of drug-likeness (QED) is 0.438. The van der Waals surface area contributed by atoms with Gasteiger partial charge in [0.25, 0.3) is 11.6 Å². The van der Waals surface area contributed by atoms with Crippen LogP contribution in [-0.4, -0.2) is 28.4 Å². The van der Waals surface area contributed by atoms with Gasteiger partial charge in [0.15, 0.2) is 6.10 Å². The molecule has 2 heterocycles. The average Bonchev–Trinajstić information content (AvgIpc) is 3.22. The van der Waals surface area contributed by atoms with E-state index in [1.807, 2.05) is 30.3 Å². The third-order valence-electron chi connectivity index (χ3n) is 6.46. The maximum atomic E-state index is 13.6. The Bertz CT molecular complexity index is 1020. The van der Waals surface area contributed by atoms with Crippen molar-refractivity contribution in [2.45, 2.75) is 43.7 Å². The number of fused-ring (bicyclic) bond motifs is 2. The number of benzene rings is 2. The molecule has 2 amide bonds. The third kappa shape index (κ3) is 2.64. The van der Waals surface area contributed by atoms with Crippen LogP contribution in [0.25, 0.3) is 0 Å². The number of carbonyl (C=O) groups excluding carboxylic acids is 2. The second kappa shape index (κ2) is 6.91. The second-order valence-corrected chi connectivity index (χ2v) is 8.09. The van der Waals surface area contributed by atoms with E-state index in [4.69, 9.17) is 4.84 Å². The van der Waals surface area contributed by atoms with Crippen molar-refractivity contribution in [2.75, 3.05) is 9.96 Å². The van der Waals surface area contributed by atoms with Gasteiger partial charge in [-0.3, -0.25) is 24.5 Å². The molecule has 2 aromatic rings. The fourth-order valence-corrected chi connectivity index (χ4v) is 5.17. The van der Waals surface area contributed by atoms with Crippen LogP contribution in [0, 0.1) is 16.0 Å². The Morgan fingerprint density at radius 2 is 1.63 bits per heavy atom. The maximum Gasteiger partial charge on any atom is 0.271 e. The number of non-ortho nitro benzene ring substituents is 1. The summed E-state index contributed by atoms with van der Waals surface area (Å²) in [6.45, 7) is 0. The first kappa shape index (κ1) is 18.7. The SMILES string of the molecule is O=C1[C@H]2ON(c3ccccc3)C3(CCCCC3)[C@H]2C(=O)N1c1cccc([N+](=O)[O-])c1. The van der Waals surface area contributed by atoms with Gasteiger partial charge in [-0.1, -0.05) is 43.5 Å². The number of nitrogens with zero attached hydrogens (tertiary/aromatic N) is 3. The van der Waals surface area contributed by atoms with Crippen LogP contribution in [0.1, 0.15) is 32.1 Å². The molecule has 8 heteroatoms. The summed E-state index contributed by atoms with van der Waals surface area (Å²) in [6, 6.07) is 15.2. The predicted octanol–water partition coefficient (Wildman–Crippen LogP) is 3.61. The van der Waals surface area contributed by atoms with E-state index >= 15 is 0 Å². The molecular weight excluding hydrogens is 386 g/mol. The minimum absolute atomic E-state index is 0.163. The molecule has 0 N–H and O–H groups in total. The molecule has 154 valence electrons. The van der Waals surface area contributed by atoms with E-state index in [0.717, 1.165) is 42.7 Å². The molecule has 1 aliphatic carbocycles. The zero-order valence-corrected chi connectivity index (χ0v) is 16.3. The van der Waals surface area contributed by atoms with E-state index in [9.17, 15) is 19.7 Å². The van der Waals surface area contributed by atoms with Crippen LogP contribution >= 0.6 is 0 Å². The Hall–Kier alpha value is -3.26. The van der Waals surface area contributed by atoms with Gasteiger partial charge in [0.05, 0.1) is 21.8 Å². The molecule has 2 aliphatic heterocycles. The number of anilines is 2. The van der Waals surface area contributed by atoms with Crippen LogP contribution in [-0.2, 0) is 14.4 Å². The van der Waals surface area contributed by atoms with Gasteiger partial charge in [0, 0.05) is 12.1 Å². The lowest BCUT2D eigenvalue weighted by Crippen LogP contribution is -2.53. The van der Waals surface area contributed by atoms with E-state index in [1.54, 1.807) is 11.1 Å². The minimum Gasteiger partial charge on any atom is -0.273 e. The lowest BCUT2D eigenvalue weighted by Gasteiger charge is -2.43. The van der Waals surface area contributed by atoms with Crippen molar-refractivity contribution >= 4 is 28.9 Å². The molecule has 8 nitrogen and oxygen atoms in total. The van der Waals surface area contributed by atoms with E-state index in [0.29, 0.717) is 0 Å². The summed E-state index contributed by atoms with van der Waals surface area (Å²) in [4.78, 5) is 44.7. The van der Waals surface area contributed by atoms with E-state index in [-0.39, 0.29) is 17.3 Å². The van der Waals surface area contributed by atoms with Crippen molar-refractivity contribution in [1.82, 2.24) is 0 Å². The van der Waals surface area contributed by atoms with Crippen molar-refractivity contribution in [3.63, 3.8) is 0 Å². The number of carbonyl (C=O) groups is 2. The number of imide groups is 1. The number of nitro benzene ring substituents is 1. The molecule has 2 atom stereocenters. The van der Waals surface area contributed by atoms with Gasteiger partial charge in [-0.05, 0) is 31.0 Å². The first-order valence-electron chi connectivity index (χ1n) is 10.2. The summed E-state index contributed by atoms with van der Waals surface area (Å²) in [5, 5.41) is 12.9. The van der Waals surface area contributed by atoms with Crippen LogP contribution in [0.3, 0.4) is 0 Å². The summed E-state index contributed by atoms with van der Waals surface area (Å²) in [5.41, 5.74) is 0.294. The molecule has 1 saturated carbocycles. The Morgan fingerprint density at radius 3 is 2.33 bits per heavy atom. The molecule has 3 fully saturated rings. The van der Waals surface area contributed by atoms with Crippen LogP contribution in [0.2, 0.25) is 0 Å². The zero-order valence-electron chi connectivity index (χ0n) is 16.3. The van der Waals surface area contributed by atoms with Gasteiger partial charge in [-0.25, -0.2) is 9.96 Å². The van der Waals surface area contributed by atoms with Gasteiger partial charge >= 0.3 is 0 Å². The third-order valence-corrected chi connectivity index (χ3v) is 6.46. The molecular formula is C22H21N3O5. The highest BCUT2D eigenvalue weighted by Crippen LogP contribution is 2.52. The summed E-state index contributed by atoms with van der Waals surface area (Å²) >= 11 is 0. The molecule has 2 aromatic carbocycles. The Morgan fingerprint density at radius 1 is 0.933 bits per heavy atom. The molecule has 1 spiro atoms. The standard InChI is InChI=1S/C22H21N3O5/c26-20-18-19(21(27)23(20)16-10-7-11-17(14-16)25(28)29)30-24(15-8-3-1-4-9-15)22(18)12-5-2-6-13-22/h1,3-4,7-11,14,18-19H,2,5-6,12-13H2/t18-,19+/m1/s1. The van der Waals surface area contributed by atoms with Crippen molar-refractivity contribution in [2.24, 2.45) is 5.92 Å². The normalized spacial score (nSPS) is 25.1. The molecule has 0 bridgehead atoms. The second-order valence-electron chi connectivity index (χ2n) is 8.09. The molecule has 0 aromatic heterocycles. The summed E-state index contributed by atoms with van der Waals surface area (Å²) < 4.78 is 0. The maximum absolute atomic E-state index is 13.6. The summed E-state index contributed by atoms with van der Waals surface area (Å²) in [6.07, 6.45) is 3.58. The fourth-order valence-electron chi connectivity index (χ4n) is 5.17. The molecule has 2 saturated heterocycles. The first-order chi connectivity index (χ1) is 14.5. The number of amides is 2. The van der Waals surface area contributed by atoms with Gasteiger partial charge < -0.3 is 0 Å². The van der Waals surface area contributed by atoms with Gasteiger partial charge in [0.1, 0.15) is 5.92 Å². The zero-order chi connectivity index (χ0) is 20.9. The number of rotatable bonds is 3. The number of hydrogen-bond acceptors (Lipinski definition) is 6. The number of nitro groups is 1. The lowest BCUT2D eigenvalue weighted by atomic mass is 9.71. The molecule has 3 aliphatic rings. The fraction of sp³-hybridized carbons (Fsp3) is 0.364. The van der Waals surface area contributed by atoms with Crippen LogP contribution < -0.4 is 9.96 Å². The van der Waals surface area contributed by atoms with E-state index < -0.39 is 28.4 Å². The lowest BCUT2D eigenvalue weighted by molar-refractivity contribution is -0.384. The van der Waals surface area contributed by atoms with Gasteiger partial charge in [-0.15, -0.1) is 0 Å². The highest BCUT2D eigenvalue weighted by atomic mass is 16.7. The van der Waals surface area contributed by atoms with Crippen molar-refractivity contribution in [3.8, 4) is 0 Å². The van der Waals surface area contributed by atoms with Crippen molar-refractivity contribution in [1.29, 1.82) is 0 Å². The van der Waals surface area contributed by atoms with Gasteiger partial charge in [-0.2, -0.15) is 0 Å². The van der Waals surface area contributed by atoms with E-state index in [2.05, 4.69) is 0 Å². The number of hydrogen-bond donors (Lipinski definition) is 0. The van der Waals surface area contributed by atoms with Crippen LogP contribution in [0.4, 0.5) is 17.1 Å². The van der Waals surface area contributed by atoms with Gasteiger partial charge in [0.2, 0.25) is 5.91 Å². The number of para-hydroxylation sites is 1. The minimum atomic E-state index is -0.921. The van der Waals surface area contributed by atoms with Crippen LogP contribution in [0.15, 0.2) is 54.6 Å². The highest BCUT2D eigenvalue weighted by Gasteiger charge is 2.66. The molecule has 0 unspecified atom stereocenters. The van der Waals surface area contributed by atoms with E-state index in [1.165, 1.54) is 18.2 Å². The molecule has 30 heavy (non-hydrogen) atoms. The van der Waals surface area contributed by atoms with Crippen molar-refractivity contribution < 1.29 is 19.3 Å². The topological polar surface area (TPSA) is 93.0 Å².